The maximum absolute atomic E-state index is 11.6. The van der Waals surface area contributed by atoms with Crippen LogP contribution in [0.25, 0.3) is 0 Å². The van der Waals surface area contributed by atoms with Crippen LogP contribution in [0.4, 0.5) is 0 Å². The van der Waals surface area contributed by atoms with Gasteiger partial charge in [0.1, 0.15) is 12.2 Å². The highest BCUT2D eigenvalue weighted by Gasteiger charge is 2.50. The molecular formula is C39H48O5Si. The molecular weight excluding hydrogens is 577 g/mol. The molecule has 4 rings (SSSR count). The van der Waals surface area contributed by atoms with Crippen LogP contribution in [0.5, 0.6) is 0 Å². The normalized spacial score (nSPS) is 17.5. The molecule has 3 atom stereocenters. The first kappa shape index (κ1) is 34.4. The van der Waals surface area contributed by atoms with Crippen LogP contribution in [0.1, 0.15) is 65.4 Å². The molecule has 1 saturated heterocycles. The van der Waals surface area contributed by atoms with Gasteiger partial charge in [0.2, 0.25) is 0 Å². The Kier molecular flexibility index (Phi) is 12.8. The van der Waals surface area contributed by atoms with E-state index in [4.69, 9.17) is 18.6 Å². The van der Waals surface area contributed by atoms with Crippen LogP contribution >= 0.6 is 0 Å². The summed E-state index contributed by atoms with van der Waals surface area (Å²) in [7, 11) is -2.61. The van der Waals surface area contributed by atoms with Crippen molar-refractivity contribution in [2.75, 3.05) is 13.2 Å². The number of ether oxygens (including phenoxy) is 3. The van der Waals surface area contributed by atoms with Gasteiger partial charge in [0, 0.05) is 26.6 Å². The highest BCUT2D eigenvalue weighted by Crippen LogP contribution is 2.37. The van der Waals surface area contributed by atoms with E-state index in [-0.39, 0.29) is 29.3 Å². The minimum atomic E-state index is -2.61. The van der Waals surface area contributed by atoms with Crippen molar-refractivity contribution in [3.8, 4) is 11.8 Å². The summed E-state index contributed by atoms with van der Waals surface area (Å²) in [5, 5.41) is 2.46. The van der Waals surface area contributed by atoms with Crippen LogP contribution in [-0.4, -0.2) is 45.8 Å². The van der Waals surface area contributed by atoms with E-state index in [0.717, 1.165) is 36.8 Å². The van der Waals surface area contributed by atoms with E-state index >= 15 is 0 Å². The molecule has 3 aromatic carbocycles. The number of carbonyl (C=O) groups excluding carboxylic acids is 1. The molecule has 0 saturated carbocycles. The molecule has 238 valence electrons. The number of carbonyl (C=O) groups is 1. The highest BCUT2D eigenvalue weighted by molar-refractivity contribution is 6.99. The fraction of sp³-hybridized carbons (Fsp3) is 0.410. The third kappa shape index (κ3) is 9.76. The van der Waals surface area contributed by atoms with Gasteiger partial charge in [0.05, 0.1) is 12.7 Å². The van der Waals surface area contributed by atoms with Gasteiger partial charge >= 0.3 is 5.97 Å². The van der Waals surface area contributed by atoms with Crippen LogP contribution in [0.3, 0.4) is 0 Å². The number of hydrogen-bond donors (Lipinski definition) is 0. The van der Waals surface area contributed by atoms with Gasteiger partial charge in [-0.2, -0.15) is 0 Å². The monoisotopic (exact) mass is 624 g/mol. The Morgan fingerprint density at radius 2 is 1.58 bits per heavy atom. The van der Waals surface area contributed by atoms with Crippen molar-refractivity contribution in [2.24, 2.45) is 0 Å². The first-order valence-corrected chi connectivity index (χ1v) is 18.0. The molecule has 1 aliphatic heterocycles. The molecule has 1 heterocycles. The van der Waals surface area contributed by atoms with Gasteiger partial charge in [-0.25, -0.2) is 0 Å². The second-order valence-electron chi connectivity index (χ2n) is 12.7. The maximum atomic E-state index is 11.6. The summed E-state index contributed by atoms with van der Waals surface area (Å²) >= 11 is 0. The van der Waals surface area contributed by atoms with Crippen LogP contribution in [0.15, 0.2) is 103 Å². The maximum Gasteiger partial charge on any atom is 0.302 e. The quantitative estimate of drug-likeness (QED) is 0.0888. The summed E-state index contributed by atoms with van der Waals surface area (Å²) < 4.78 is 24.9. The van der Waals surface area contributed by atoms with Gasteiger partial charge in [-0.15, -0.1) is 0 Å². The Balaban J connectivity index is 1.47. The lowest BCUT2D eigenvalue weighted by molar-refractivity contribution is -0.160. The molecule has 6 heteroatoms. The van der Waals surface area contributed by atoms with Crippen molar-refractivity contribution in [2.45, 2.75) is 89.8 Å². The van der Waals surface area contributed by atoms with Gasteiger partial charge in [0.15, 0.2) is 0 Å². The van der Waals surface area contributed by atoms with E-state index in [1.54, 1.807) is 0 Å². The minimum absolute atomic E-state index is 0.0817. The zero-order valence-corrected chi connectivity index (χ0v) is 28.3. The molecule has 0 amide bonds. The second kappa shape index (κ2) is 16.7. The standard InChI is InChI=1S/C39H48O5Si/c1-31(29-38-37(44-32(2)40)24-16-27-41-38)25-26-34(42-30-33-17-9-6-10-18-33)19-15-28-43-45(39(3,4)5,35-20-11-7-12-21-35)36-22-13-8-14-23-36/h6-14,17-18,20-23,34,37-38H,1,15-16,19,24,27-30H2,2-5H3/t34?,37-,38+/m0/s1. The summed E-state index contributed by atoms with van der Waals surface area (Å²) in [6.07, 6.45) is 2.92. The Labute approximate surface area is 271 Å². The lowest BCUT2D eigenvalue weighted by Crippen LogP contribution is -2.66. The molecule has 0 bridgehead atoms. The fourth-order valence-corrected chi connectivity index (χ4v) is 10.7. The molecule has 1 fully saturated rings. The Morgan fingerprint density at radius 3 is 2.16 bits per heavy atom. The molecule has 5 nitrogen and oxygen atoms in total. The van der Waals surface area contributed by atoms with Crippen molar-refractivity contribution in [1.82, 2.24) is 0 Å². The van der Waals surface area contributed by atoms with E-state index in [0.29, 0.717) is 26.2 Å². The molecule has 0 aliphatic carbocycles. The molecule has 1 unspecified atom stereocenters. The Hall–Kier alpha value is -3.47. The van der Waals surface area contributed by atoms with Crippen molar-refractivity contribution >= 4 is 24.7 Å². The van der Waals surface area contributed by atoms with Crippen molar-refractivity contribution in [3.63, 3.8) is 0 Å². The molecule has 0 radical (unpaired) electrons. The Bertz CT molecular complexity index is 1370. The van der Waals surface area contributed by atoms with Crippen LogP contribution in [-0.2, 0) is 30.0 Å². The van der Waals surface area contributed by atoms with E-state index in [9.17, 15) is 4.79 Å². The van der Waals surface area contributed by atoms with Gasteiger partial charge in [-0.3, -0.25) is 4.79 Å². The van der Waals surface area contributed by atoms with E-state index < -0.39 is 8.32 Å². The lowest BCUT2D eigenvalue weighted by atomic mass is 9.99. The first-order chi connectivity index (χ1) is 21.7. The lowest BCUT2D eigenvalue weighted by Gasteiger charge is -2.43. The van der Waals surface area contributed by atoms with Crippen molar-refractivity contribution in [3.05, 3.63) is 109 Å². The van der Waals surface area contributed by atoms with E-state index in [2.05, 4.69) is 112 Å². The first-order valence-electron chi connectivity index (χ1n) is 16.1. The molecule has 0 aromatic heterocycles. The zero-order valence-electron chi connectivity index (χ0n) is 27.3. The van der Waals surface area contributed by atoms with Crippen molar-refractivity contribution in [1.29, 1.82) is 0 Å². The van der Waals surface area contributed by atoms with Gasteiger partial charge in [-0.05, 0) is 52.2 Å². The topological polar surface area (TPSA) is 54.0 Å². The summed E-state index contributed by atoms with van der Waals surface area (Å²) in [4.78, 5) is 11.6. The molecule has 45 heavy (non-hydrogen) atoms. The number of esters is 1. The minimum Gasteiger partial charge on any atom is -0.460 e. The van der Waals surface area contributed by atoms with E-state index in [1.807, 2.05) is 18.2 Å². The number of rotatable bonds is 13. The second-order valence-corrected chi connectivity index (χ2v) is 17.0. The fourth-order valence-electron chi connectivity index (χ4n) is 6.05. The Morgan fingerprint density at radius 1 is 0.978 bits per heavy atom. The molecule has 1 aliphatic rings. The third-order valence-electron chi connectivity index (χ3n) is 8.19. The molecule has 3 aromatic rings. The highest BCUT2D eigenvalue weighted by atomic mass is 28.4. The van der Waals surface area contributed by atoms with Crippen LogP contribution in [0, 0.1) is 11.8 Å². The van der Waals surface area contributed by atoms with Crippen molar-refractivity contribution < 1.29 is 23.4 Å². The predicted molar refractivity (Wildman–Crippen MR) is 184 cm³/mol. The molecule has 0 N–H and O–H groups in total. The zero-order chi connectivity index (χ0) is 32.1. The van der Waals surface area contributed by atoms with Crippen LogP contribution < -0.4 is 10.4 Å². The van der Waals surface area contributed by atoms with E-state index in [1.165, 1.54) is 17.3 Å². The third-order valence-corrected chi connectivity index (χ3v) is 13.2. The number of hydrogen-bond acceptors (Lipinski definition) is 5. The average Bonchev–Trinajstić information content (AvgIpc) is 3.03. The SMILES string of the molecule is C=C(C#CC(CCCO[Si](c1ccccc1)(c1ccccc1)C(C)(C)C)OCc1ccccc1)C[C@H]1OCCC[C@@H]1OC(C)=O. The summed E-state index contributed by atoms with van der Waals surface area (Å²) in [6.45, 7) is 14.3. The predicted octanol–water partition coefficient (Wildman–Crippen LogP) is 6.99. The summed E-state index contributed by atoms with van der Waals surface area (Å²) in [6, 6.07) is 31.6. The van der Waals surface area contributed by atoms with Gasteiger partial charge in [-0.1, -0.05) is 130 Å². The van der Waals surface area contributed by atoms with Gasteiger partial charge < -0.3 is 18.6 Å². The molecule has 0 spiro atoms. The number of benzene rings is 3. The largest absolute Gasteiger partial charge is 0.460 e. The summed E-state index contributed by atoms with van der Waals surface area (Å²) in [5.74, 6) is 6.31. The summed E-state index contributed by atoms with van der Waals surface area (Å²) in [5.41, 5.74) is 1.85. The smallest absolute Gasteiger partial charge is 0.302 e. The van der Waals surface area contributed by atoms with Crippen LogP contribution in [0.2, 0.25) is 5.04 Å². The average molecular weight is 625 g/mol. The van der Waals surface area contributed by atoms with Gasteiger partial charge in [0.25, 0.3) is 8.32 Å².